The average molecular weight is 514 g/mol. The lowest BCUT2D eigenvalue weighted by Gasteiger charge is -2.30. The van der Waals surface area contributed by atoms with Gasteiger partial charge in [-0.2, -0.15) is 10.4 Å². The number of carbonyl (C=O) groups is 2. The van der Waals surface area contributed by atoms with Gasteiger partial charge in [0.25, 0.3) is 5.91 Å². The highest BCUT2D eigenvalue weighted by Crippen LogP contribution is 2.23. The maximum atomic E-state index is 14.5. The van der Waals surface area contributed by atoms with Crippen molar-refractivity contribution in [2.24, 2.45) is 5.41 Å². The van der Waals surface area contributed by atoms with Crippen molar-refractivity contribution in [1.29, 1.82) is 5.26 Å². The number of carbonyl (C=O) groups excluding carboxylic acids is 2. The van der Waals surface area contributed by atoms with E-state index < -0.39 is 38.9 Å². The minimum atomic E-state index is -3.26. The van der Waals surface area contributed by atoms with E-state index in [0.29, 0.717) is 16.5 Å². The number of rotatable bonds is 8. The van der Waals surface area contributed by atoms with Gasteiger partial charge in [0.2, 0.25) is 5.91 Å². The number of aromatic nitrogens is 2. The van der Waals surface area contributed by atoms with Crippen molar-refractivity contribution in [2.75, 3.05) is 18.6 Å². The van der Waals surface area contributed by atoms with E-state index in [1.807, 2.05) is 6.07 Å². The highest BCUT2D eigenvalue weighted by Gasteiger charge is 2.34. The Morgan fingerprint density at radius 3 is 2.50 bits per heavy atom. The number of fused-ring (bicyclic) bond motifs is 1. The Labute approximate surface area is 209 Å². The third-order valence-corrected chi connectivity index (χ3v) is 6.50. The maximum absolute atomic E-state index is 14.5. The second-order valence-corrected chi connectivity index (χ2v) is 11.9. The first-order chi connectivity index (χ1) is 16.8. The second kappa shape index (κ2) is 10.5. The zero-order valence-electron chi connectivity index (χ0n) is 20.5. The van der Waals surface area contributed by atoms with Crippen molar-refractivity contribution in [1.82, 2.24) is 20.4 Å². The van der Waals surface area contributed by atoms with Crippen LogP contribution >= 0.6 is 0 Å². The molecule has 1 aromatic heterocycles. The molecule has 1 atom stereocenters. The van der Waals surface area contributed by atoms with E-state index in [4.69, 9.17) is 5.26 Å². The van der Waals surface area contributed by atoms with Crippen molar-refractivity contribution < 1.29 is 22.4 Å². The van der Waals surface area contributed by atoms with Gasteiger partial charge in [-0.05, 0) is 23.6 Å². The molecule has 0 bridgehead atoms. The first-order valence-corrected chi connectivity index (χ1v) is 13.3. The molecule has 3 rings (SSSR count). The molecule has 3 aromatic rings. The summed E-state index contributed by atoms with van der Waals surface area (Å²) in [7, 11) is -3.26. The molecule has 0 radical (unpaired) electrons. The predicted octanol–water partition coefficient (Wildman–Crippen LogP) is 2.40. The number of nitrogens with zero attached hydrogens (tertiary/aromatic N) is 3. The Kier molecular flexibility index (Phi) is 7.79. The zero-order valence-corrected chi connectivity index (χ0v) is 21.3. The number of hydrogen-bond donors (Lipinski definition) is 2. The number of sulfone groups is 1. The standard InChI is InChI=1S/C25H28FN5O4S/c1-25(2,3)22(24(33)28-11-12-36(4,34)35)29-23(32)21-18-7-5-6-8-20(18)31(30-21)15-17-10-9-16(14-27)13-19(17)26/h5-10,13,22H,11-12,15H2,1-4H3,(H,28,33)(H,29,32)/t22-/m1/s1. The van der Waals surface area contributed by atoms with Crippen molar-refractivity contribution in [2.45, 2.75) is 33.4 Å². The van der Waals surface area contributed by atoms with Crippen LogP contribution in [0.15, 0.2) is 42.5 Å². The van der Waals surface area contributed by atoms with Crippen molar-refractivity contribution >= 4 is 32.6 Å². The van der Waals surface area contributed by atoms with Gasteiger partial charge in [0.1, 0.15) is 21.7 Å². The van der Waals surface area contributed by atoms with Gasteiger partial charge < -0.3 is 10.6 Å². The van der Waals surface area contributed by atoms with E-state index in [9.17, 15) is 22.4 Å². The fraction of sp³-hybridized carbons (Fsp3) is 0.360. The molecule has 2 N–H and O–H groups in total. The molecule has 9 nitrogen and oxygen atoms in total. The van der Waals surface area contributed by atoms with Crippen LogP contribution in [0.4, 0.5) is 4.39 Å². The zero-order chi connectivity index (χ0) is 26.7. The van der Waals surface area contributed by atoms with Crippen LogP contribution in [0.25, 0.3) is 10.9 Å². The lowest BCUT2D eigenvalue weighted by molar-refractivity contribution is -0.125. The lowest BCUT2D eigenvalue weighted by Crippen LogP contribution is -2.54. The molecule has 0 fully saturated rings. The number of nitriles is 1. The van der Waals surface area contributed by atoms with Crippen molar-refractivity contribution in [3.8, 4) is 6.07 Å². The van der Waals surface area contributed by atoms with E-state index in [1.165, 1.54) is 16.8 Å². The molecule has 0 saturated heterocycles. The fourth-order valence-electron chi connectivity index (χ4n) is 3.66. The summed E-state index contributed by atoms with van der Waals surface area (Å²) >= 11 is 0. The second-order valence-electron chi connectivity index (χ2n) is 9.63. The Bertz CT molecular complexity index is 1450. The smallest absolute Gasteiger partial charge is 0.273 e. The van der Waals surface area contributed by atoms with Crippen molar-refractivity contribution in [3.63, 3.8) is 0 Å². The molecule has 0 unspecified atom stereocenters. The number of para-hydroxylation sites is 1. The number of halogens is 1. The summed E-state index contributed by atoms with van der Waals surface area (Å²) in [6, 6.07) is 12.0. The number of benzene rings is 2. The molecule has 1 heterocycles. The molecule has 0 aliphatic heterocycles. The van der Waals surface area contributed by atoms with Crippen LogP contribution in [0, 0.1) is 22.6 Å². The summed E-state index contributed by atoms with van der Waals surface area (Å²) in [5.74, 6) is -1.88. The van der Waals surface area contributed by atoms with Crippen LogP contribution in [-0.4, -0.2) is 54.6 Å². The highest BCUT2D eigenvalue weighted by molar-refractivity contribution is 7.90. The minimum absolute atomic E-state index is 0.0278. The largest absolute Gasteiger partial charge is 0.353 e. The summed E-state index contributed by atoms with van der Waals surface area (Å²) in [5.41, 5.74) is 0.473. The molecule has 11 heteroatoms. The summed E-state index contributed by atoms with van der Waals surface area (Å²) in [6.45, 7) is 5.28. The monoisotopic (exact) mass is 513 g/mol. The Hall–Kier alpha value is -3.78. The SMILES string of the molecule is CC(C)(C)[C@H](NC(=O)c1nn(Cc2ccc(C#N)cc2F)c2ccccc12)C(=O)NCCS(C)(=O)=O. The average Bonchev–Trinajstić information content (AvgIpc) is 3.15. The summed E-state index contributed by atoms with van der Waals surface area (Å²) in [5, 5.41) is 19.2. The Balaban J connectivity index is 1.89. The van der Waals surface area contributed by atoms with Gasteiger partial charge in [0, 0.05) is 23.8 Å². The van der Waals surface area contributed by atoms with Crippen LogP contribution < -0.4 is 10.6 Å². The van der Waals surface area contributed by atoms with Crippen LogP contribution in [0.3, 0.4) is 0 Å². The van der Waals surface area contributed by atoms with E-state index in [-0.39, 0.29) is 30.1 Å². The van der Waals surface area contributed by atoms with Gasteiger partial charge in [0.15, 0.2) is 5.69 Å². The maximum Gasteiger partial charge on any atom is 0.273 e. The first-order valence-electron chi connectivity index (χ1n) is 11.2. The van der Waals surface area contributed by atoms with Gasteiger partial charge in [0.05, 0.1) is 29.4 Å². The van der Waals surface area contributed by atoms with Gasteiger partial charge in [-0.25, -0.2) is 12.8 Å². The topological polar surface area (TPSA) is 134 Å². The molecule has 36 heavy (non-hydrogen) atoms. The molecule has 0 spiro atoms. The molecule has 2 amide bonds. The number of hydrogen-bond acceptors (Lipinski definition) is 6. The predicted molar refractivity (Wildman–Crippen MR) is 133 cm³/mol. The van der Waals surface area contributed by atoms with Crippen LogP contribution in [0.5, 0.6) is 0 Å². The van der Waals surface area contributed by atoms with E-state index in [0.717, 1.165) is 12.3 Å². The molecule has 0 aliphatic carbocycles. The molecule has 0 saturated carbocycles. The van der Waals surface area contributed by atoms with Gasteiger partial charge >= 0.3 is 0 Å². The first kappa shape index (κ1) is 26.8. The van der Waals surface area contributed by atoms with E-state index in [2.05, 4.69) is 15.7 Å². The van der Waals surface area contributed by atoms with Gasteiger partial charge in [-0.3, -0.25) is 14.3 Å². The summed E-state index contributed by atoms with van der Waals surface area (Å²) < 4.78 is 38.8. The van der Waals surface area contributed by atoms with Gasteiger partial charge in [-0.1, -0.05) is 45.0 Å². The van der Waals surface area contributed by atoms with Crippen LogP contribution in [0.1, 0.15) is 42.4 Å². The number of amides is 2. The lowest BCUT2D eigenvalue weighted by atomic mass is 9.86. The Morgan fingerprint density at radius 1 is 1.19 bits per heavy atom. The third-order valence-electron chi connectivity index (χ3n) is 5.55. The fourth-order valence-corrected chi connectivity index (χ4v) is 4.13. The Morgan fingerprint density at radius 2 is 1.89 bits per heavy atom. The minimum Gasteiger partial charge on any atom is -0.353 e. The van der Waals surface area contributed by atoms with Crippen molar-refractivity contribution in [3.05, 3.63) is 65.1 Å². The summed E-state index contributed by atoms with van der Waals surface area (Å²) in [6.07, 6.45) is 1.08. The highest BCUT2D eigenvalue weighted by atomic mass is 32.2. The molecule has 2 aromatic carbocycles. The van der Waals surface area contributed by atoms with Gasteiger partial charge in [-0.15, -0.1) is 0 Å². The molecule has 190 valence electrons. The van der Waals surface area contributed by atoms with E-state index >= 15 is 0 Å². The van der Waals surface area contributed by atoms with E-state index in [1.54, 1.807) is 45.0 Å². The summed E-state index contributed by atoms with van der Waals surface area (Å²) in [4.78, 5) is 26.1. The quantitative estimate of drug-likeness (QED) is 0.475. The van der Waals surface area contributed by atoms with Crippen LogP contribution in [0.2, 0.25) is 0 Å². The molecular formula is C25H28FN5O4S. The third kappa shape index (κ3) is 6.46. The molecular weight excluding hydrogens is 485 g/mol. The normalized spacial score (nSPS) is 12.7. The van der Waals surface area contributed by atoms with Crippen LogP contribution in [-0.2, 0) is 21.2 Å². The molecule has 0 aliphatic rings. The number of nitrogens with one attached hydrogen (secondary N) is 2.